The summed E-state index contributed by atoms with van der Waals surface area (Å²) in [6.07, 6.45) is 19.8. The third-order valence-corrected chi connectivity index (χ3v) is 14.8. The molecule has 3 aliphatic carbocycles. The molecule has 3 atom stereocenters. The molecule has 6 aromatic carbocycles. The highest BCUT2D eigenvalue weighted by molar-refractivity contribution is 5.80. The van der Waals surface area contributed by atoms with E-state index in [2.05, 4.69) is 221 Å². The Morgan fingerprint density at radius 2 is 1.28 bits per heavy atom. The molecule has 4 nitrogen and oxygen atoms in total. The Bertz CT molecular complexity index is 3220. The van der Waals surface area contributed by atoms with E-state index in [-0.39, 0.29) is 5.92 Å². The smallest absolute Gasteiger partial charge is 0.160 e. The van der Waals surface area contributed by atoms with Crippen LogP contribution >= 0.6 is 0 Å². The highest BCUT2D eigenvalue weighted by Gasteiger charge is 2.51. The average molecular weight is 869 g/mol. The molecule has 1 aromatic heterocycles. The van der Waals surface area contributed by atoms with E-state index in [1.165, 1.54) is 27.8 Å². The van der Waals surface area contributed by atoms with Gasteiger partial charge in [0.1, 0.15) is 23.0 Å². The molecule has 2 unspecified atom stereocenters. The maximum atomic E-state index is 7.34. The van der Waals surface area contributed by atoms with Crippen molar-refractivity contribution in [3.05, 3.63) is 273 Å². The van der Waals surface area contributed by atoms with Crippen LogP contribution in [0.25, 0.3) is 22.6 Å². The fraction of sp³-hybridized carbons (Fsp3) is 0.175. The molecule has 326 valence electrons. The lowest BCUT2D eigenvalue weighted by molar-refractivity contribution is 0.245. The largest absolute Gasteiger partial charge is 0.461 e. The van der Waals surface area contributed by atoms with Gasteiger partial charge in [0.05, 0.1) is 28.1 Å². The summed E-state index contributed by atoms with van der Waals surface area (Å²) in [6, 6.07) is 56.9. The lowest BCUT2D eigenvalue weighted by atomic mass is 9.59. The number of allylic oxidation sites excluding steroid dienone is 11. The molecule has 0 fully saturated rings. The van der Waals surface area contributed by atoms with Crippen LogP contribution in [0.3, 0.4) is 0 Å². The molecule has 3 heterocycles. The summed E-state index contributed by atoms with van der Waals surface area (Å²) in [7, 11) is 0. The molecular weight excluding hydrogens is 817 g/mol. The molecule has 0 saturated carbocycles. The number of aryl methyl sites for hydroxylation is 2. The Morgan fingerprint density at radius 1 is 0.627 bits per heavy atom. The Balaban J connectivity index is 1.12. The third-order valence-electron chi connectivity index (χ3n) is 14.8. The molecule has 12 rings (SSSR count). The van der Waals surface area contributed by atoms with Gasteiger partial charge in [-0.25, -0.2) is 9.97 Å². The molecule has 0 N–H and O–H groups in total. The van der Waals surface area contributed by atoms with Gasteiger partial charge in [-0.05, 0) is 97.5 Å². The molecule has 5 aliphatic rings. The van der Waals surface area contributed by atoms with E-state index in [1.54, 1.807) is 0 Å². The van der Waals surface area contributed by atoms with E-state index in [9.17, 15) is 0 Å². The van der Waals surface area contributed by atoms with Crippen molar-refractivity contribution in [2.24, 2.45) is 5.92 Å². The number of rotatable bonds is 7. The average Bonchev–Trinajstić information content (AvgIpc) is 3.38. The fourth-order valence-electron chi connectivity index (χ4n) is 11.8. The van der Waals surface area contributed by atoms with Crippen LogP contribution in [0, 0.1) is 19.8 Å². The summed E-state index contributed by atoms with van der Waals surface area (Å²) in [4.78, 5) is 11.2. The fourth-order valence-corrected chi connectivity index (χ4v) is 11.8. The molecule has 0 spiro atoms. The summed E-state index contributed by atoms with van der Waals surface area (Å²) < 4.78 is 14.6. The van der Waals surface area contributed by atoms with E-state index in [4.69, 9.17) is 19.4 Å². The van der Waals surface area contributed by atoms with Crippen molar-refractivity contribution in [3.63, 3.8) is 0 Å². The summed E-state index contributed by atoms with van der Waals surface area (Å²) in [5, 5.41) is 0. The Hall–Kier alpha value is -7.56. The van der Waals surface area contributed by atoms with Crippen molar-refractivity contribution in [3.8, 4) is 34.1 Å². The summed E-state index contributed by atoms with van der Waals surface area (Å²) in [6.45, 7) is 6.63. The van der Waals surface area contributed by atoms with Crippen molar-refractivity contribution < 1.29 is 9.47 Å². The second kappa shape index (κ2) is 16.4. The van der Waals surface area contributed by atoms with Gasteiger partial charge >= 0.3 is 0 Å². The zero-order valence-corrected chi connectivity index (χ0v) is 38.2. The first-order valence-corrected chi connectivity index (χ1v) is 23.9. The topological polar surface area (TPSA) is 44.2 Å². The summed E-state index contributed by atoms with van der Waals surface area (Å²) >= 11 is 0. The lowest BCUT2D eigenvalue weighted by Gasteiger charge is -2.47. The Kier molecular flexibility index (Phi) is 10.0. The monoisotopic (exact) mass is 868 g/mol. The van der Waals surface area contributed by atoms with Gasteiger partial charge in [0.25, 0.3) is 0 Å². The molecule has 0 amide bonds. The van der Waals surface area contributed by atoms with Crippen molar-refractivity contribution in [1.29, 1.82) is 0 Å². The van der Waals surface area contributed by atoms with Gasteiger partial charge in [-0.1, -0.05) is 188 Å². The third kappa shape index (κ3) is 6.41. The first-order valence-electron chi connectivity index (χ1n) is 23.9. The minimum absolute atomic E-state index is 0.206. The van der Waals surface area contributed by atoms with Crippen molar-refractivity contribution in [2.45, 2.75) is 63.2 Å². The van der Waals surface area contributed by atoms with Gasteiger partial charge in [-0.2, -0.15) is 0 Å². The second-order valence-corrected chi connectivity index (χ2v) is 18.7. The van der Waals surface area contributed by atoms with Crippen molar-refractivity contribution in [2.75, 3.05) is 0 Å². The second-order valence-electron chi connectivity index (χ2n) is 18.7. The minimum Gasteiger partial charge on any atom is -0.461 e. The number of benzene rings is 6. The van der Waals surface area contributed by atoms with Gasteiger partial charge in [0.15, 0.2) is 5.82 Å². The number of fused-ring (bicyclic) bond motifs is 3. The molecule has 4 heteroatoms. The number of aromatic nitrogens is 2. The number of nitrogens with zero attached hydrogens (tertiary/aromatic N) is 2. The predicted octanol–water partition coefficient (Wildman–Crippen LogP) is 15.3. The number of hydrogen-bond donors (Lipinski definition) is 0. The molecule has 0 radical (unpaired) electrons. The van der Waals surface area contributed by atoms with Crippen LogP contribution in [0.4, 0.5) is 0 Å². The van der Waals surface area contributed by atoms with Crippen LogP contribution in [-0.4, -0.2) is 9.97 Å². The van der Waals surface area contributed by atoms with Gasteiger partial charge in [0.2, 0.25) is 0 Å². The van der Waals surface area contributed by atoms with Gasteiger partial charge in [-0.15, -0.1) is 0 Å². The zero-order valence-electron chi connectivity index (χ0n) is 38.2. The van der Waals surface area contributed by atoms with Crippen LogP contribution in [0.5, 0.6) is 11.5 Å². The van der Waals surface area contributed by atoms with Crippen LogP contribution in [0.1, 0.15) is 83.2 Å². The van der Waals surface area contributed by atoms with Crippen LogP contribution < -0.4 is 4.74 Å². The Morgan fingerprint density at radius 3 is 1.99 bits per heavy atom. The molecule has 2 aliphatic heterocycles. The van der Waals surface area contributed by atoms with Crippen LogP contribution in [0.15, 0.2) is 228 Å². The Labute approximate surface area is 394 Å². The van der Waals surface area contributed by atoms with Crippen LogP contribution in [-0.2, 0) is 15.6 Å². The summed E-state index contributed by atoms with van der Waals surface area (Å²) in [5.74, 6) is 4.39. The van der Waals surface area contributed by atoms with Crippen molar-refractivity contribution in [1.82, 2.24) is 9.97 Å². The highest BCUT2D eigenvalue weighted by atomic mass is 16.5. The van der Waals surface area contributed by atoms with Crippen molar-refractivity contribution >= 4 is 0 Å². The lowest BCUT2D eigenvalue weighted by Crippen LogP contribution is -2.40. The van der Waals surface area contributed by atoms with E-state index >= 15 is 0 Å². The van der Waals surface area contributed by atoms with Gasteiger partial charge in [0, 0.05) is 33.4 Å². The van der Waals surface area contributed by atoms with Gasteiger partial charge in [-0.3, -0.25) is 0 Å². The number of hydrogen-bond acceptors (Lipinski definition) is 4. The standard InChI is InChI=1S/C63H52N2O2/c1-41-37-38-57-53(39-41)63(46-27-12-6-13-28-46,47-29-14-7-15-30-47)52-35-20-32-49(60(52)67-57)55-40-54(64-61(65-55)58-42(2)21-18-22-43(58)3)48-31-19-34-51-59(48)66-56-36-17-16-33-50(56)62(51,44-23-8-4-9-24-44)45-25-10-5-11-26-45/h4-10,12-25,27-31,33-36,38-41,49H,11,26,32,37H2,1-3H3/t41?,49?,62-/m0/s1. The van der Waals surface area contributed by atoms with E-state index in [0.29, 0.717) is 11.7 Å². The number of para-hydroxylation sites is 2. The van der Waals surface area contributed by atoms with Crippen LogP contribution in [0.2, 0.25) is 0 Å². The quantitative estimate of drug-likeness (QED) is 0.160. The SMILES string of the molecule is Cc1cccc(C)c1-c1nc(-c2cccc3c2Oc2ccccc2[C@@]3(C2=CC=CCC2)c2ccccc2)cc(C2CC=CC3=C2OC2=CCC(C)C=C2C3(c2ccccc2)c2ccccc2)n1. The minimum atomic E-state index is -0.611. The normalized spacial score (nSPS) is 21.0. The predicted molar refractivity (Wildman–Crippen MR) is 270 cm³/mol. The maximum absolute atomic E-state index is 7.34. The molecule has 7 aromatic rings. The molecule has 0 bridgehead atoms. The molecule has 0 saturated heterocycles. The summed E-state index contributed by atoms with van der Waals surface area (Å²) in [5.41, 5.74) is 14.4. The first-order chi connectivity index (χ1) is 33.0. The number of ether oxygens (including phenoxy) is 2. The maximum Gasteiger partial charge on any atom is 0.160 e. The zero-order chi connectivity index (χ0) is 45.1. The molecular formula is C63H52N2O2. The van der Waals surface area contributed by atoms with E-state index in [0.717, 1.165) is 99.0 Å². The van der Waals surface area contributed by atoms with E-state index < -0.39 is 10.8 Å². The van der Waals surface area contributed by atoms with E-state index in [1.807, 2.05) is 0 Å². The first kappa shape index (κ1) is 40.9. The van der Waals surface area contributed by atoms with Gasteiger partial charge < -0.3 is 9.47 Å². The highest BCUT2D eigenvalue weighted by Crippen LogP contribution is 2.60. The molecule has 67 heavy (non-hydrogen) atoms.